The molecule has 1 unspecified atom stereocenters. The summed E-state index contributed by atoms with van der Waals surface area (Å²) in [6.45, 7) is 2.35. The van der Waals surface area contributed by atoms with E-state index in [1.807, 2.05) is 25.1 Å². The number of nitrogens with one attached hydrogen (secondary N) is 1. The maximum absolute atomic E-state index is 14.2. The lowest BCUT2D eigenvalue weighted by Gasteiger charge is -2.25. The molecule has 1 aromatic carbocycles. The second-order valence-electron chi connectivity index (χ2n) is 9.14. The summed E-state index contributed by atoms with van der Waals surface area (Å²) in [5.74, 6) is -0.431. The Kier molecular flexibility index (Phi) is 6.91. The maximum Gasteiger partial charge on any atom is 0.295 e. The molecule has 3 aromatic heterocycles. The topological polar surface area (TPSA) is 99.0 Å². The lowest BCUT2D eigenvalue weighted by Crippen LogP contribution is -2.20. The van der Waals surface area contributed by atoms with Gasteiger partial charge < -0.3 is 10.1 Å². The Morgan fingerprint density at radius 1 is 1.05 bits per heavy atom. The van der Waals surface area contributed by atoms with Crippen molar-refractivity contribution < 1.29 is 21.9 Å². The zero-order valence-electron chi connectivity index (χ0n) is 20.5. The average molecular weight is 528 g/mol. The molecule has 8 nitrogen and oxygen atoms in total. The van der Waals surface area contributed by atoms with Gasteiger partial charge >= 0.3 is 0 Å². The summed E-state index contributed by atoms with van der Waals surface area (Å²) in [7, 11) is -3.56. The van der Waals surface area contributed by atoms with Gasteiger partial charge in [-0.1, -0.05) is 18.2 Å². The zero-order valence-corrected chi connectivity index (χ0v) is 21.3. The lowest BCUT2D eigenvalue weighted by molar-refractivity contribution is -0.0363. The van der Waals surface area contributed by atoms with Crippen LogP contribution in [0.5, 0.6) is 0 Å². The van der Waals surface area contributed by atoms with Gasteiger partial charge in [0.25, 0.3) is 6.43 Å². The molecule has 1 N–H and O–H groups in total. The van der Waals surface area contributed by atoms with E-state index in [1.165, 1.54) is 10.6 Å². The molecule has 0 saturated carbocycles. The van der Waals surface area contributed by atoms with Crippen LogP contribution in [0.15, 0.2) is 53.4 Å². The minimum absolute atomic E-state index is 0.0889. The summed E-state index contributed by atoms with van der Waals surface area (Å²) in [4.78, 5) is 13.7. The van der Waals surface area contributed by atoms with Crippen LogP contribution in [0.4, 0.5) is 20.2 Å². The van der Waals surface area contributed by atoms with Gasteiger partial charge in [-0.15, -0.1) is 0 Å². The molecule has 0 spiro atoms. The number of aromatic nitrogens is 4. The van der Waals surface area contributed by atoms with Gasteiger partial charge in [-0.25, -0.2) is 27.2 Å². The van der Waals surface area contributed by atoms with Crippen LogP contribution in [0.2, 0.25) is 0 Å². The van der Waals surface area contributed by atoms with Crippen molar-refractivity contribution in [1.29, 1.82) is 0 Å². The van der Waals surface area contributed by atoms with E-state index in [0.29, 0.717) is 36.5 Å². The Morgan fingerprint density at radius 2 is 1.86 bits per heavy atom. The second kappa shape index (κ2) is 10.1. The zero-order chi connectivity index (χ0) is 26.2. The van der Waals surface area contributed by atoms with Crippen molar-refractivity contribution in [2.45, 2.75) is 50.2 Å². The highest BCUT2D eigenvalue weighted by atomic mass is 32.2. The highest BCUT2D eigenvalue weighted by Crippen LogP contribution is 2.36. The number of ether oxygens (including phenoxy) is 1. The van der Waals surface area contributed by atoms with Gasteiger partial charge in [-0.05, 0) is 56.5 Å². The molecule has 1 saturated heterocycles. The molecule has 1 atom stereocenters. The summed E-state index contributed by atoms with van der Waals surface area (Å²) >= 11 is 0. The smallest absolute Gasteiger partial charge is 0.295 e. The third-order valence-corrected chi connectivity index (χ3v) is 7.39. The summed E-state index contributed by atoms with van der Waals surface area (Å²) in [6, 6.07) is 13.8. The van der Waals surface area contributed by atoms with Crippen molar-refractivity contribution in [3.05, 3.63) is 71.4 Å². The minimum atomic E-state index is -3.56. The van der Waals surface area contributed by atoms with Crippen molar-refractivity contribution in [2.24, 2.45) is 0 Å². The third-order valence-electron chi connectivity index (χ3n) is 6.23. The predicted molar refractivity (Wildman–Crippen MR) is 136 cm³/mol. The maximum atomic E-state index is 14.2. The average Bonchev–Trinajstić information content (AvgIpc) is 3.24. The SMILES string of the molecule is Cc1cccc(Cc2cc(Nc3ccccc3S(C)(=O)=O)c3nc(C(F)F)n(C4CCCCO4)c3n2)n1. The molecule has 1 aliphatic rings. The number of halogens is 2. The standard InChI is InChI=1S/C26H27F2N5O3S/c1-16-8-7-9-17(29-16)14-18-15-20(31-19-10-3-4-11-21(19)37(2,34)35)23-25(30-18)33(26(32-23)24(27)28)22-12-5-6-13-36-22/h3-4,7-11,15,22,24H,5-6,12-14H2,1-2H3,(H,30,31). The fraction of sp³-hybridized carbons (Fsp3) is 0.346. The molecule has 0 radical (unpaired) electrons. The van der Waals surface area contributed by atoms with E-state index in [0.717, 1.165) is 30.5 Å². The van der Waals surface area contributed by atoms with E-state index in [1.54, 1.807) is 24.3 Å². The minimum Gasteiger partial charge on any atom is -0.358 e. The van der Waals surface area contributed by atoms with Gasteiger partial charge in [0.15, 0.2) is 21.3 Å². The van der Waals surface area contributed by atoms with E-state index in [9.17, 15) is 17.2 Å². The quantitative estimate of drug-likeness (QED) is 0.338. The Morgan fingerprint density at radius 3 is 2.57 bits per heavy atom. The molecule has 0 amide bonds. The van der Waals surface area contributed by atoms with E-state index in [4.69, 9.17) is 9.72 Å². The van der Waals surface area contributed by atoms with Gasteiger partial charge in [0.2, 0.25) is 0 Å². The number of anilines is 2. The number of nitrogens with zero attached hydrogens (tertiary/aromatic N) is 4. The van der Waals surface area contributed by atoms with Gasteiger partial charge in [0.05, 0.1) is 22.0 Å². The van der Waals surface area contributed by atoms with Crippen LogP contribution >= 0.6 is 0 Å². The number of benzene rings is 1. The number of sulfone groups is 1. The molecule has 37 heavy (non-hydrogen) atoms. The highest BCUT2D eigenvalue weighted by molar-refractivity contribution is 7.90. The normalized spacial score (nSPS) is 16.4. The predicted octanol–water partition coefficient (Wildman–Crippen LogP) is 5.51. The molecular weight excluding hydrogens is 500 g/mol. The summed E-state index contributed by atoms with van der Waals surface area (Å²) in [6.07, 6.45) is 0.273. The van der Waals surface area contributed by atoms with Crippen LogP contribution in [0, 0.1) is 6.92 Å². The number of hydrogen-bond acceptors (Lipinski definition) is 7. The molecule has 11 heteroatoms. The molecule has 194 valence electrons. The number of para-hydroxylation sites is 1. The van der Waals surface area contributed by atoms with E-state index in [2.05, 4.69) is 15.3 Å². The van der Waals surface area contributed by atoms with Crippen LogP contribution < -0.4 is 5.32 Å². The molecule has 1 aliphatic heterocycles. The first-order valence-electron chi connectivity index (χ1n) is 12.0. The monoisotopic (exact) mass is 527 g/mol. The first-order valence-corrected chi connectivity index (χ1v) is 13.9. The van der Waals surface area contributed by atoms with Gasteiger partial charge in [-0.2, -0.15) is 0 Å². The number of alkyl halides is 2. The van der Waals surface area contributed by atoms with Crippen LogP contribution in [0.1, 0.15) is 54.8 Å². The van der Waals surface area contributed by atoms with Gasteiger partial charge in [0, 0.05) is 30.7 Å². The van der Waals surface area contributed by atoms with Crippen molar-refractivity contribution in [1.82, 2.24) is 19.5 Å². The van der Waals surface area contributed by atoms with Crippen molar-refractivity contribution >= 4 is 32.4 Å². The second-order valence-corrected chi connectivity index (χ2v) is 11.1. The highest BCUT2D eigenvalue weighted by Gasteiger charge is 2.29. The number of rotatable bonds is 7. The number of imidazole rings is 1. The fourth-order valence-electron chi connectivity index (χ4n) is 4.60. The Balaban J connectivity index is 1.70. The summed E-state index contributed by atoms with van der Waals surface area (Å²) in [5, 5.41) is 3.14. The Labute approximate surface area is 213 Å². The van der Waals surface area contributed by atoms with Crippen molar-refractivity contribution in [3.63, 3.8) is 0 Å². The van der Waals surface area contributed by atoms with Crippen LogP contribution in [-0.4, -0.2) is 40.8 Å². The number of hydrogen-bond donors (Lipinski definition) is 1. The van der Waals surface area contributed by atoms with Crippen LogP contribution in [0.3, 0.4) is 0 Å². The van der Waals surface area contributed by atoms with Crippen molar-refractivity contribution in [2.75, 3.05) is 18.2 Å². The van der Waals surface area contributed by atoms with E-state index < -0.39 is 28.3 Å². The molecular formula is C26H27F2N5O3S. The Hall–Kier alpha value is -3.44. The van der Waals surface area contributed by atoms with Gasteiger partial charge in [0.1, 0.15) is 11.7 Å². The summed E-state index contributed by atoms with van der Waals surface area (Å²) in [5.41, 5.74) is 3.35. The summed E-state index contributed by atoms with van der Waals surface area (Å²) < 4.78 is 60.5. The largest absolute Gasteiger partial charge is 0.358 e. The molecule has 1 fully saturated rings. The molecule has 0 aliphatic carbocycles. The number of aryl methyl sites for hydroxylation is 1. The number of fused-ring (bicyclic) bond motifs is 1. The van der Waals surface area contributed by atoms with E-state index >= 15 is 0 Å². The van der Waals surface area contributed by atoms with Crippen LogP contribution in [-0.2, 0) is 21.0 Å². The van der Waals surface area contributed by atoms with E-state index in [-0.39, 0.29) is 16.1 Å². The molecule has 4 heterocycles. The molecule has 5 rings (SSSR count). The lowest BCUT2D eigenvalue weighted by atomic mass is 10.1. The fourth-order valence-corrected chi connectivity index (χ4v) is 5.45. The van der Waals surface area contributed by atoms with Crippen LogP contribution in [0.25, 0.3) is 11.2 Å². The third kappa shape index (κ3) is 5.33. The van der Waals surface area contributed by atoms with Crippen molar-refractivity contribution in [3.8, 4) is 0 Å². The number of pyridine rings is 2. The van der Waals surface area contributed by atoms with Gasteiger partial charge in [-0.3, -0.25) is 9.55 Å². The molecule has 4 aromatic rings. The molecule has 0 bridgehead atoms. The first-order chi connectivity index (χ1) is 17.7. The first kappa shape index (κ1) is 25.2. The Bertz CT molecular complexity index is 1550.